The summed E-state index contributed by atoms with van der Waals surface area (Å²) >= 11 is 2.69. The summed E-state index contributed by atoms with van der Waals surface area (Å²) in [4.78, 5) is 23.9. The number of nitro groups is 1. The third-order valence-electron chi connectivity index (χ3n) is 1.70. The zero-order valence-electron chi connectivity index (χ0n) is 7.49. The molecular formula is C7H4BrF2N3O3. The van der Waals surface area contributed by atoms with Crippen molar-refractivity contribution in [3.05, 3.63) is 32.0 Å². The fraction of sp³-hybridized carbons (Fsp3) is 0.143. The van der Waals surface area contributed by atoms with Gasteiger partial charge in [0.1, 0.15) is 5.56 Å². The Balaban J connectivity index is 3.63. The Kier molecular flexibility index (Phi) is 3.48. The van der Waals surface area contributed by atoms with Gasteiger partial charge in [-0.15, -0.1) is 0 Å². The highest BCUT2D eigenvalue weighted by atomic mass is 79.9. The number of carbonyl (C=O) groups excluding carboxylic acids is 1. The molecule has 2 N–H and O–H groups in total. The molecule has 0 aliphatic heterocycles. The molecule has 0 saturated carbocycles. The molecule has 0 bridgehead atoms. The predicted octanol–water partition coefficient (Wildman–Crippen LogP) is 1.79. The number of carbonyl (C=O) groups is 1. The summed E-state index contributed by atoms with van der Waals surface area (Å²) in [7, 11) is 0. The Hall–Kier alpha value is -1.64. The molecule has 86 valence electrons. The van der Waals surface area contributed by atoms with E-state index < -0.39 is 34.1 Å². The number of aromatic nitrogens is 1. The number of amides is 1. The lowest BCUT2D eigenvalue weighted by Crippen LogP contribution is -2.17. The largest absolute Gasteiger partial charge is 0.365 e. The van der Waals surface area contributed by atoms with E-state index in [4.69, 9.17) is 5.73 Å². The first-order valence-corrected chi connectivity index (χ1v) is 4.56. The maximum atomic E-state index is 12.5. The quantitative estimate of drug-likeness (QED) is 0.522. The number of nitrogens with zero attached hydrogens (tertiary/aromatic N) is 2. The molecular weight excluding hydrogens is 292 g/mol. The fourth-order valence-corrected chi connectivity index (χ4v) is 1.53. The lowest BCUT2D eigenvalue weighted by molar-refractivity contribution is -0.386. The van der Waals surface area contributed by atoms with Crippen molar-refractivity contribution in [2.45, 2.75) is 6.43 Å². The van der Waals surface area contributed by atoms with E-state index in [1.54, 1.807) is 0 Å². The van der Waals surface area contributed by atoms with Gasteiger partial charge in [0, 0.05) is 6.20 Å². The van der Waals surface area contributed by atoms with Gasteiger partial charge in [0.25, 0.3) is 12.3 Å². The number of nitrogens with two attached hydrogens (primary N) is 1. The normalized spacial score (nSPS) is 10.5. The van der Waals surface area contributed by atoms with Crippen molar-refractivity contribution < 1.29 is 18.5 Å². The minimum absolute atomic E-state index is 0.323. The van der Waals surface area contributed by atoms with Crippen LogP contribution in [-0.4, -0.2) is 15.8 Å². The van der Waals surface area contributed by atoms with Gasteiger partial charge < -0.3 is 5.73 Å². The zero-order chi connectivity index (χ0) is 12.5. The molecule has 0 aromatic carbocycles. The van der Waals surface area contributed by atoms with E-state index in [1.165, 1.54) is 0 Å². The molecule has 1 aromatic rings. The van der Waals surface area contributed by atoms with Gasteiger partial charge in [-0.1, -0.05) is 0 Å². The van der Waals surface area contributed by atoms with Crippen LogP contribution in [-0.2, 0) is 0 Å². The number of hydrogen-bond donors (Lipinski definition) is 1. The second-order valence-corrected chi connectivity index (χ2v) is 3.40. The molecule has 1 amide bonds. The number of primary amides is 1. The van der Waals surface area contributed by atoms with E-state index in [-0.39, 0.29) is 4.60 Å². The maximum absolute atomic E-state index is 12.5. The topological polar surface area (TPSA) is 99.1 Å². The SMILES string of the molecule is NC(=O)c1c(C(F)F)cnc(Br)c1[N+](=O)[O-]. The first-order chi connectivity index (χ1) is 7.36. The second kappa shape index (κ2) is 4.47. The van der Waals surface area contributed by atoms with Crippen molar-refractivity contribution in [2.24, 2.45) is 5.73 Å². The molecule has 0 saturated heterocycles. The van der Waals surface area contributed by atoms with Crippen LogP contribution in [0.15, 0.2) is 10.8 Å². The van der Waals surface area contributed by atoms with Crippen molar-refractivity contribution in [2.75, 3.05) is 0 Å². The van der Waals surface area contributed by atoms with Gasteiger partial charge in [0.15, 0.2) is 4.60 Å². The highest BCUT2D eigenvalue weighted by Gasteiger charge is 2.30. The van der Waals surface area contributed by atoms with Crippen LogP contribution in [0.5, 0.6) is 0 Å². The van der Waals surface area contributed by atoms with E-state index >= 15 is 0 Å². The minimum atomic E-state index is -3.07. The first kappa shape index (κ1) is 12.4. The highest BCUT2D eigenvalue weighted by molar-refractivity contribution is 9.10. The van der Waals surface area contributed by atoms with E-state index in [0.717, 1.165) is 0 Å². The van der Waals surface area contributed by atoms with Crippen molar-refractivity contribution in [1.29, 1.82) is 0 Å². The van der Waals surface area contributed by atoms with Gasteiger partial charge in [0.05, 0.1) is 10.5 Å². The Morgan fingerprint density at radius 2 is 2.19 bits per heavy atom. The van der Waals surface area contributed by atoms with Crippen LogP contribution in [0, 0.1) is 10.1 Å². The summed E-state index contributed by atoms with van der Waals surface area (Å²) in [5, 5.41) is 10.6. The molecule has 0 aliphatic carbocycles. The standard InChI is InChI=1S/C7H4BrF2N3O3/c8-5-4(13(15)16)3(7(11)14)2(1-12-5)6(9)10/h1,6H,(H2,11,14). The van der Waals surface area contributed by atoms with Gasteiger partial charge in [-0.2, -0.15) is 0 Å². The summed E-state index contributed by atoms with van der Waals surface area (Å²) in [6.45, 7) is 0. The van der Waals surface area contributed by atoms with E-state index in [9.17, 15) is 23.7 Å². The lowest BCUT2D eigenvalue weighted by atomic mass is 10.1. The summed E-state index contributed by atoms with van der Waals surface area (Å²) in [5.74, 6) is -1.30. The van der Waals surface area contributed by atoms with Crippen molar-refractivity contribution in [3.8, 4) is 0 Å². The average Bonchev–Trinajstić information content (AvgIpc) is 2.15. The summed E-state index contributed by atoms with van der Waals surface area (Å²) in [6.07, 6.45) is -2.40. The van der Waals surface area contributed by atoms with E-state index in [1.807, 2.05) is 0 Å². The molecule has 1 heterocycles. The van der Waals surface area contributed by atoms with Gasteiger partial charge in [-0.25, -0.2) is 13.8 Å². The Labute approximate surface area is 95.7 Å². The van der Waals surface area contributed by atoms with Crippen molar-refractivity contribution in [1.82, 2.24) is 4.98 Å². The number of hydrogen-bond acceptors (Lipinski definition) is 4. The smallest absolute Gasteiger partial charge is 0.315 e. The monoisotopic (exact) mass is 295 g/mol. The van der Waals surface area contributed by atoms with Crippen molar-refractivity contribution in [3.63, 3.8) is 0 Å². The van der Waals surface area contributed by atoms with Crippen LogP contribution in [0.1, 0.15) is 22.3 Å². The molecule has 9 heteroatoms. The molecule has 0 radical (unpaired) electrons. The molecule has 1 aromatic heterocycles. The lowest BCUT2D eigenvalue weighted by Gasteiger charge is -2.06. The van der Waals surface area contributed by atoms with Crippen LogP contribution in [0.4, 0.5) is 14.5 Å². The average molecular weight is 296 g/mol. The summed E-state index contributed by atoms with van der Waals surface area (Å²) in [6, 6.07) is 0. The summed E-state index contributed by atoms with van der Waals surface area (Å²) in [5.41, 5.74) is 2.29. The Morgan fingerprint density at radius 3 is 2.56 bits per heavy atom. The Morgan fingerprint density at radius 1 is 1.62 bits per heavy atom. The highest BCUT2D eigenvalue weighted by Crippen LogP contribution is 2.33. The van der Waals surface area contributed by atoms with Crippen LogP contribution < -0.4 is 5.73 Å². The van der Waals surface area contributed by atoms with Crippen LogP contribution in [0.2, 0.25) is 0 Å². The van der Waals surface area contributed by atoms with Gasteiger partial charge in [-0.3, -0.25) is 14.9 Å². The van der Waals surface area contributed by atoms with E-state index in [2.05, 4.69) is 20.9 Å². The maximum Gasteiger partial charge on any atom is 0.315 e. The third-order valence-corrected chi connectivity index (χ3v) is 2.28. The Bertz CT molecular complexity index is 466. The molecule has 0 aliphatic rings. The number of rotatable bonds is 3. The van der Waals surface area contributed by atoms with Crippen LogP contribution >= 0.6 is 15.9 Å². The number of halogens is 3. The van der Waals surface area contributed by atoms with Gasteiger partial charge in [-0.05, 0) is 15.9 Å². The van der Waals surface area contributed by atoms with Crippen LogP contribution in [0.3, 0.4) is 0 Å². The zero-order valence-corrected chi connectivity index (χ0v) is 9.07. The fourth-order valence-electron chi connectivity index (χ4n) is 1.08. The summed E-state index contributed by atoms with van der Waals surface area (Å²) < 4.78 is 24.6. The molecule has 0 atom stereocenters. The molecule has 0 fully saturated rings. The molecule has 0 unspecified atom stereocenters. The number of alkyl halides is 2. The molecule has 16 heavy (non-hydrogen) atoms. The minimum Gasteiger partial charge on any atom is -0.365 e. The molecule has 0 spiro atoms. The van der Waals surface area contributed by atoms with Gasteiger partial charge >= 0.3 is 5.69 Å². The molecule has 1 rings (SSSR count). The molecule has 6 nitrogen and oxygen atoms in total. The second-order valence-electron chi connectivity index (χ2n) is 2.65. The third kappa shape index (κ3) is 2.13. The first-order valence-electron chi connectivity index (χ1n) is 3.77. The van der Waals surface area contributed by atoms with Gasteiger partial charge in [0.2, 0.25) is 0 Å². The predicted molar refractivity (Wildman–Crippen MR) is 52.1 cm³/mol. The number of pyridine rings is 1. The van der Waals surface area contributed by atoms with Crippen molar-refractivity contribution >= 4 is 27.5 Å². The van der Waals surface area contributed by atoms with Crippen LogP contribution in [0.25, 0.3) is 0 Å². The van der Waals surface area contributed by atoms with E-state index in [0.29, 0.717) is 6.20 Å².